The molecule has 1 rings (SSSR count). The first-order chi connectivity index (χ1) is 18.9. The molecule has 3 atom stereocenters. The summed E-state index contributed by atoms with van der Waals surface area (Å²) in [6.45, 7) is 22.4. The summed E-state index contributed by atoms with van der Waals surface area (Å²) in [4.78, 5) is 0. The van der Waals surface area contributed by atoms with Gasteiger partial charge in [-0.1, -0.05) is 167 Å². The van der Waals surface area contributed by atoms with Gasteiger partial charge in [-0.25, -0.2) is 0 Å². The maximum Gasteiger partial charge on any atom is 0.191 e. The average molecular weight is 591 g/mol. The van der Waals surface area contributed by atoms with Crippen molar-refractivity contribution in [2.75, 3.05) is 6.61 Å². The SMILES string of the molecule is CCCCCCCCCCC[C@@H](O)C[C@@H]([C@H](CCCCCC)CO[Si](C)(C)C(C)(C)C)[Si](C)(C)c1ccccc1. The van der Waals surface area contributed by atoms with E-state index in [0.717, 1.165) is 25.9 Å². The number of benzene rings is 1. The fraction of sp³-hybridized carbons (Fsp3) is 0.833. The topological polar surface area (TPSA) is 29.5 Å². The lowest BCUT2D eigenvalue weighted by Crippen LogP contribution is -2.51. The molecule has 1 aromatic rings. The van der Waals surface area contributed by atoms with Crippen LogP contribution in [-0.4, -0.2) is 34.2 Å². The lowest BCUT2D eigenvalue weighted by Gasteiger charge is -2.43. The van der Waals surface area contributed by atoms with Gasteiger partial charge < -0.3 is 9.53 Å². The van der Waals surface area contributed by atoms with Crippen LogP contribution in [0.5, 0.6) is 0 Å². The predicted molar refractivity (Wildman–Crippen MR) is 185 cm³/mol. The maximum absolute atomic E-state index is 11.4. The van der Waals surface area contributed by atoms with E-state index in [9.17, 15) is 5.11 Å². The lowest BCUT2D eigenvalue weighted by molar-refractivity contribution is 0.127. The van der Waals surface area contributed by atoms with E-state index in [2.05, 4.69) is 91.1 Å². The van der Waals surface area contributed by atoms with Crippen molar-refractivity contribution in [1.82, 2.24) is 0 Å². The Bertz CT molecular complexity index is 741. The minimum Gasteiger partial charge on any atom is -0.417 e. The minimum atomic E-state index is -1.85. The van der Waals surface area contributed by atoms with E-state index in [1.165, 1.54) is 88.7 Å². The van der Waals surface area contributed by atoms with Crippen LogP contribution in [0.3, 0.4) is 0 Å². The second-order valence-electron chi connectivity index (χ2n) is 14.9. The standard InChI is InChI=1S/C36H70O2Si2/c1-10-12-14-16-17-18-19-20-23-27-33(37)30-35(39(6,7)34-28-24-21-25-29-34)32(26-22-15-13-11-2)31-38-40(8,9)36(3,4)5/h21,24-25,28-29,32-33,35,37H,10-20,22-23,26-27,30-31H2,1-9H3/t32-,33-,35+/m1/s1. The second-order valence-corrected chi connectivity index (χ2v) is 24.5. The second kappa shape index (κ2) is 19.7. The third-order valence-corrected chi connectivity index (χ3v) is 19.0. The fourth-order valence-electron chi connectivity index (χ4n) is 6.03. The van der Waals surface area contributed by atoms with E-state index in [1.807, 2.05) is 0 Å². The molecule has 0 fully saturated rings. The molecule has 1 aromatic carbocycles. The third kappa shape index (κ3) is 14.2. The normalized spacial score (nSPS) is 15.2. The van der Waals surface area contributed by atoms with E-state index < -0.39 is 16.4 Å². The highest BCUT2D eigenvalue weighted by Gasteiger charge is 2.42. The van der Waals surface area contributed by atoms with E-state index in [-0.39, 0.29) is 11.1 Å². The number of aliphatic hydroxyl groups excluding tert-OH is 1. The van der Waals surface area contributed by atoms with Crippen molar-refractivity contribution in [1.29, 1.82) is 0 Å². The van der Waals surface area contributed by atoms with Crippen molar-refractivity contribution in [3.05, 3.63) is 30.3 Å². The maximum atomic E-state index is 11.4. The first kappa shape index (κ1) is 37.6. The van der Waals surface area contributed by atoms with Crippen LogP contribution in [0.15, 0.2) is 30.3 Å². The van der Waals surface area contributed by atoms with Gasteiger partial charge in [-0.3, -0.25) is 0 Å². The van der Waals surface area contributed by atoms with Crippen molar-refractivity contribution in [2.45, 2.75) is 180 Å². The molecule has 40 heavy (non-hydrogen) atoms. The molecule has 0 bridgehead atoms. The quantitative estimate of drug-likeness (QED) is 0.101. The Morgan fingerprint density at radius 1 is 0.700 bits per heavy atom. The molecule has 0 aromatic heterocycles. The number of rotatable bonds is 23. The largest absolute Gasteiger partial charge is 0.417 e. The molecule has 0 aliphatic carbocycles. The van der Waals surface area contributed by atoms with Crippen LogP contribution in [0, 0.1) is 5.92 Å². The average Bonchev–Trinajstić information content (AvgIpc) is 2.90. The molecular weight excluding hydrogens is 521 g/mol. The molecule has 234 valence electrons. The molecule has 0 unspecified atom stereocenters. The third-order valence-electron chi connectivity index (χ3n) is 10.1. The van der Waals surface area contributed by atoms with Crippen LogP contribution in [0.2, 0.25) is 36.8 Å². The first-order valence-electron chi connectivity index (χ1n) is 17.2. The molecule has 0 aliphatic rings. The molecule has 0 spiro atoms. The Hall–Kier alpha value is -0.426. The summed E-state index contributed by atoms with van der Waals surface area (Å²) in [5.41, 5.74) is 0.523. The van der Waals surface area contributed by atoms with E-state index >= 15 is 0 Å². The molecule has 1 N–H and O–H groups in total. The zero-order chi connectivity index (χ0) is 30.1. The number of hydrogen-bond acceptors (Lipinski definition) is 2. The van der Waals surface area contributed by atoms with Gasteiger partial charge in [0.15, 0.2) is 8.32 Å². The van der Waals surface area contributed by atoms with E-state index in [0.29, 0.717) is 11.5 Å². The highest BCUT2D eigenvalue weighted by atomic mass is 28.4. The summed E-state index contributed by atoms with van der Waals surface area (Å²) in [5.74, 6) is 0.519. The van der Waals surface area contributed by atoms with E-state index in [1.54, 1.807) is 0 Å². The number of hydrogen-bond donors (Lipinski definition) is 1. The summed E-state index contributed by atoms with van der Waals surface area (Å²) in [6.07, 6.45) is 20.1. The molecule has 0 saturated heterocycles. The highest BCUT2D eigenvalue weighted by molar-refractivity contribution is 6.91. The summed E-state index contributed by atoms with van der Waals surface area (Å²) >= 11 is 0. The molecular formula is C36H70O2Si2. The molecule has 0 heterocycles. The van der Waals surface area contributed by atoms with Crippen molar-refractivity contribution in [3.63, 3.8) is 0 Å². The Morgan fingerprint density at radius 2 is 1.18 bits per heavy atom. The van der Waals surface area contributed by atoms with Gasteiger partial charge in [-0.2, -0.15) is 0 Å². The zero-order valence-corrected chi connectivity index (χ0v) is 30.5. The molecule has 4 heteroatoms. The highest BCUT2D eigenvalue weighted by Crippen LogP contribution is 2.41. The van der Waals surface area contributed by atoms with Crippen LogP contribution in [0.1, 0.15) is 137 Å². The van der Waals surface area contributed by atoms with Crippen molar-refractivity contribution >= 4 is 21.6 Å². The van der Waals surface area contributed by atoms with Crippen LogP contribution in [0.25, 0.3) is 0 Å². The summed E-state index contributed by atoms with van der Waals surface area (Å²) < 4.78 is 6.95. The Morgan fingerprint density at radius 3 is 1.70 bits per heavy atom. The zero-order valence-electron chi connectivity index (χ0n) is 28.5. The minimum absolute atomic E-state index is 0.198. The van der Waals surface area contributed by atoms with Crippen molar-refractivity contribution < 1.29 is 9.53 Å². The van der Waals surface area contributed by atoms with Gasteiger partial charge >= 0.3 is 0 Å². The van der Waals surface area contributed by atoms with Gasteiger partial charge in [0, 0.05) is 6.61 Å². The van der Waals surface area contributed by atoms with Crippen LogP contribution < -0.4 is 5.19 Å². The van der Waals surface area contributed by atoms with Gasteiger partial charge in [0.25, 0.3) is 0 Å². The lowest BCUT2D eigenvalue weighted by atomic mass is 9.93. The number of unbranched alkanes of at least 4 members (excludes halogenated alkanes) is 11. The van der Waals surface area contributed by atoms with Gasteiger partial charge in [0.1, 0.15) is 0 Å². The first-order valence-corrected chi connectivity index (χ1v) is 23.2. The Balaban J connectivity index is 2.98. The smallest absolute Gasteiger partial charge is 0.191 e. The van der Waals surface area contributed by atoms with Crippen LogP contribution in [0.4, 0.5) is 0 Å². The van der Waals surface area contributed by atoms with Gasteiger partial charge in [0.05, 0.1) is 14.2 Å². The van der Waals surface area contributed by atoms with E-state index in [4.69, 9.17) is 4.43 Å². The Kier molecular flexibility index (Phi) is 18.5. The summed E-state index contributed by atoms with van der Waals surface area (Å²) in [5, 5.41) is 13.2. The Labute approximate surface area is 253 Å². The van der Waals surface area contributed by atoms with Gasteiger partial charge in [-0.05, 0) is 48.9 Å². The van der Waals surface area contributed by atoms with Crippen LogP contribution >= 0.6 is 0 Å². The number of aliphatic hydroxyl groups is 1. The van der Waals surface area contributed by atoms with Crippen LogP contribution in [-0.2, 0) is 4.43 Å². The molecule has 0 saturated carbocycles. The summed E-state index contributed by atoms with van der Waals surface area (Å²) in [6, 6.07) is 11.3. The molecule has 0 aliphatic heterocycles. The monoisotopic (exact) mass is 590 g/mol. The van der Waals surface area contributed by atoms with Gasteiger partial charge in [-0.15, -0.1) is 0 Å². The molecule has 0 radical (unpaired) electrons. The fourth-order valence-corrected chi connectivity index (χ4v) is 10.9. The van der Waals surface area contributed by atoms with Gasteiger partial charge in [0.2, 0.25) is 0 Å². The van der Waals surface area contributed by atoms with Crippen molar-refractivity contribution in [3.8, 4) is 0 Å². The predicted octanol–water partition coefficient (Wildman–Crippen LogP) is 11.3. The van der Waals surface area contributed by atoms with Crippen molar-refractivity contribution in [2.24, 2.45) is 5.92 Å². The molecule has 0 amide bonds. The summed E-state index contributed by atoms with van der Waals surface area (Å²) in [7, 11) is -3.68. The molecule has 2 nitrogen and oxygen atoms in total.